The number of hydrogen-bond acceptors (Lipinski definition) is 1. The number of rotatable bonds is 1. The van der Waals surface area contributed by atoms with Crippen LogP contribution in [0.4, 0.5) is 0 Å². The predicted octanol–water partition coefficient (Wildman–Crippen LogP) is 0.923. The Bertz CT molecular complexity index is 174. The minimum atomic E-state index is 0.245. The Hall–Kier alpha value is -0.530. The van der Waals surface area contributed by atoms with Crippen LogP contribution in [0, 0.1) is 11.3 Å². The molecule has 0 bridgehead atoms. The molecule has 0 radical (unpaired) electrons. The van der Waals surface area contributed by atoms with Crippen LogP contribution in [0.15, 0.2) is 0 Å². The number of amides is 1. The molecule has 2 rings (SSSR count). The Morgan fingerprint density at radius 1 is 1.60 bits per heavy atom. The van der Waals surface area contributed by atoms with Crippen molar-refractivity contribution in [3.63, 3.8) is 0 Å². The highest BCUT2D eigenvalue weighted by molar-refractivity contribution is 5.79. The molecule has 1 saturated carbocycles. The first-order chi connectivity index (χ1) is 4.71. The highest BCUT2D eigenvalue weighted by atomic mass is 16.1. The third-order valence-corrected chi connectivity index (χ3v) is 2.82. The number of carbonyl (C=O) groups is 1. The van der Waals surface area contributed by atoms with Crippen molar-refractivity contribution in [2.45, 2.75) is 26.2 Å². The van der Waals surface area contributed by atoms with Crippen molar-refractivity contribution in [1.29, 1.82) is 0 Å². The maximum Gasteiger partial charge on any atom is 0.220 e. The molecule has 0 aromatic carbocycles. The van der Waals surface area contributed by atoms with E-state index in [0.29, 0.717) is 5.41 Å². The van der Waals surface area contributed by atoms with Crippen molar-refractivity contribution >= 4 is 5.91 Å². The van der Waals surface area contributed by atoms with Gasteiger partial charge in [-0.3, -0.25) is 4.79 Å². The second kappa shape index (κ2) is 1.74. The maximum absolute atomic E-state index is 10.9. The number of nitrogens with one attached hydrogen (secondary N) is 1. The van der Waals surface area contributed by atoms with E-state index in [1.165, 1.54) is 12.8 Å². The summed E-state index contributed by atoms with van der Waals surface area (Å²) in [5.74, 6) is 1.08. The molecule has 2 heteroatoms. The first-order valence-electron chi connectivity index (χ1n) is 3.97. The standard InChI is InChI=1S/C8H13NO/c1-8(6-2-3-6)4-7(10)9-5-8/h6H,2-5H2,1H3,(H,9,10). The van der Waals surface area contributed by atoms with E-state index >= 15 is 0 Å². The van der Waals surface area contributed by atoms with Gasteiger partial charge in [0, 0.05) is 13.0 Å². The average Bonchev–Trinajstić information content (AvgIpc) is 2.62. The van der Waals surface area contributed by atoms with E-state index in [0.717, 1.165) is 18.9 Å². The van der Waals surface area contributed by atoms with Gasteiger partial charge in [0.2, 0.25) is 5.91 Å². The van der Waals surface area contributed by atoms with Crippen LogP contribution >= 0.6 is 0 Å². The lowest BCUT2D eigenvalue weighted by Gasteiger charge is -2.19. The summed E-state index contributed by atoms with van der Waals surface area (Å²) in [4.78, 5) is 10.9. The molecule has 1 atom stereocenters. The zero-order chi connectivity index (χ0) is 7.19. The van der Waals surface area contributed by atoms with Gasteiger partial charge in [-0.15, -0.1) is 0 Å². The van der Waals surface area contributed by atoms with Crippen molar-refractivity contribution < 1.29 is 4.79 Å². The summed E-state index contributed by atoms with van der Waals surface area (Å²) in [6, 6.07) is 0. The summed E-state index contributed by atoms with van der Waals surface area (Å²) in [5.41, 5.74) is 0.317. The van der Waals surface area contributed by atoms with Crippen LogP contribution < -0.4 is 5.32 Å². The summed E-state index contributed by atoms with van der Waals surface area (Å²) < 4.78 is 0. The fraction of sp³-hybridized carbons (Fsp3) is 0.875. The Kier molecular flexibility index (Phi) is 1.08. The summed E-state index contributed by atoms with van der Waals surface area (Å²) in [6.45, 7) is 3.14. The van der Waals surface area contributed by atoms with Gasteiger partial charge < -0.3 is 5.32 Å². The van der Waals surface area contributed by atoms with Crippen LogP contribution in [0.5, 0.6) is 0 Å². The summed E-state index contributed by atoms with van der Waals surface area (Å²) in [7, 11) is 0. The Labute approximate surface area is 61.0 Å². The lowest BCUT2D eigenvalue weighted by Crippen LogP contribution is -2.22. The van der Waals surface area contributed by atoms with E-state index in [4.69, 9.17) is 0 Å². The molecule has 2 aliphatic rings. The highest BCUT2D eigenvalue weighted by Crippen LogP contribution is 2.48. The molecule has 1 amide bonds. The molecule has 0 aromatic rings. The number of carbonyl (C=O) groups excluding carboxylic acids is 1. The van der Waals surface area contributed by atoms with Crippen molar-refractivity contribution in [2.75, 3.05) is 6.54 Å². The molecule has 2 nitrogen and oxygen atoms in total. The van der Waals surface area contributed by atoms with Crippen LogP contribution in [0.2, 0.25) is 0 Å². The second-order valence-electron chi connectivity index (χ2n) is 3.88. The molecular formula is C8H13NO. The quantitative estimate of drug-likeness (QED) is 0.575. The molecule has 0 spiro atoms. The van der Waals surface area contributed by atoms with Crippen LogP contribution in [-0.2, 0) is 4.79 Å². The zero-order valence-electron chi connectivity index (χ0n) is 6.31. The fourth-order valence-electron chi connectivity index (χ4n) is 1.86. The lowest BCUT2D eigenvalue weighted by molar-refractivity contribution is -0.119. The third-order valence-electron chi connectivity index (χ3n) is 2.82. The van der Waals surface area contributed by atoms with E-state index in [1.807, 2.05) is 0 Å². The minimum Gasteiger partial charge on any atom is -0.356 e. The summed E-state index contributed by atoms with van der Waals surface area (Å²) >= 11 is 0. The Morgan fingerprint density at radius 3 is 2.70 bits per heavy atom. The first kappa shape index (κ1) is 6.20. The normalized spacial score (nSPS) is 39.9. The summed E-state index contributed by atoms with van der Waals surface area (Å²) in [6.07, 6.45) is 3.44. The van der Waals surface area contributed by atoms with Gasteiger partial charge in [0.25, 0.3) is 0 Å². The molecule has 1 aliphatic heterocycles. The average molecular weight is 139 g/mol. The summed E-state index contributed by atoms with van der Waals surface area (Å²) in [5, 5.41) is 2.89. The van der Waals surface area contributed by atoms with Gasteiger partial charge in [0.1, 0.15) is 0 Å². The van der Waals surface area contributed by atoms with Crippen LogP contribution in [-0.4, -0.2) is 12.5 Å². The lowest BCUT2D eigenvalue weighted by atomic mass is 9.84. The molecule has 56 valence electrons. The monoisotopic (exact) mass is 139 g/mol. The molecule has 1 N–H and O–H groups in total. The van der Waals surface area contributed by atoms with E-state index in [-0.39, 0.29) is 5.91 Å². The Morgan fingerprint density at radius 2 is 2.30 bits per heavy atom. The molecule has 2 fully saturated rings. The molecule has 10 heavy (non-hydrogen) atoms. The van der Waals surface area contributed by atoms with Gasteiger partial charge in [0.05, 0.1) is 0 Å². The van der Waals surface area contributed by atoms with Crippen molar-refractivity contribution in [3.05, 3.63) is 0 Å². The highest BCUT2D eigenvalue weighted by Gasteiger charge is 2.45. The van der Waals surface area contributed by atoms with E-state index in [2.05, 4.69) is 12.2 Å². The molecule has 0 aromatic heterocycles. The molecule has 1 aliphatic carbocycles. The minimum absolute atomic E-state index is 0.245. The van der Waals surface area contributed by atoms with Gasteiger partial charge in [-0.1, -0.05) is 6.92 Å². The van der Waals surface area contributed by atoms with Crippen molar-refractivity contribution in [2.24, 2.45) is 11.3 Å². The van der Waals surface area contributed by atoms with Crippen LogP contribution in [0.3, 0.4) is 0 Å². The van der Waals surface area contributed by atoms with Crippen molar-refractivity contribution in [1.82, 2.24) is 5.32 Å². The maximum atomic E-state index is 10.9. The topological polar surface area (TPSA) is 29.1 Å². The largest absolute Gasteiger partial charge is 0.356 e. The van der Waals surface area contributed by atoms with Crippen LogP contribution in [0.1, 0.15) is 26.2 Å². The molecule has 1 saturated heterocycles. The Balaban J connectivity index is 2.08. The number of hydrogen-bond donors (Lipinski definition) is 1. The van der Waals surface area contributed by atoms with E-state index < -0.39 is 0 Å². The van der Waals surface area contributed by atoms with E-state index in [1.54, 1.807) is 0 Å². The van der Waals surface area contributed by atoms with Crippen LogP contribution in [0.25, 0.3) is 0 Å². The smallest absolute Gasteiger partial charge is 0.220 e. The van der Waals surface area contributed by atoms with E-state index in [9.17, 15) is 4.79 Å². The fourth-order valence-corrected chi connectivity index (χ4v) is 1.86. The molecule has 1 heterocycles. The molecule has 1 unspecified atom stereocenters. The van der Waals surface area contributed by atoms with Crippen molar-refractivity contribution in [3.8, 4) is 0 Å². The predicted molar refractivity (Wildman–Crippen MR) is 38.5 cm³/mol. The van der Waals surface area contributed by atoms with Gasteiger partial charge in [-0.05, 0) is 24.2 Å². The van der Waals surface area contributed by atoms with Gasteiger partial charge in [-0.2, -0.15) is 0 Å². The third kappa shape index (κ3) is 0.825. The second-order valence-corrected chi connectivity index (χ2v) is 3.88. The molecular weight excluding hydrogens is 126 g/mol. The SMILES string of the molecule is CC1(C2CC2)CNC(=O)C1. The zero-order valence-corrected chi connectivity index (χ0v) is 6.31. The first-order valence-corrected chi connectivity index (χ1v) is 3.97. The van der Waals surface area contributed by atoms with Gasteiger partial charge in [-0.25, -0.2) is 0 Å². The van der Waals surface area contributed by atoms with Gasteiger partial charge in [0.15, 0.2) is 0 Å². The van der Waals surface area contributed by atoms with Gasteiger partial charge >= 0.3 is 0 Å².